The van der Waals surface area contributed by atoms with E-state index in [4.69, 9.17) is 9.26 Å². The van der Waals surface area contributed by atoms with E-state index in [1.54, 1.807) is 12.1 Å². The van der Waals surface area contributed by atoms with Crippen molar-refractivity contribution in [2.24, 2.45) is 0 Å². The normalized spacial score (nSPS) is 16.2. The molecular formula is C21H19F2N3O3. The molecule has 1 unspecified atom stereocenters. The van der Waals surface area contributed by atoms with Crippen LogP contribution in [0.5, 0.6) is 5.75 Å². The summed E-state index contributed by atoms with van der Waals surface area (Å²) in [7, 11) is 0. The number of carbonyl (C=O) groups is 1. The fourth-order valence-corrected chi connectivity index (χ4v) is 3.23. The summed E-state index contributed by atoms with van der Waals surface area (Å²) in [6.45, 7) is 2.66. The Bertz CT molecular complexity index is 1020. The Kier molecular flexibility index (Phi) is 5.24. The molecule has 1 atom stereocenters. The molecule has 150 valence electrons. The van der Waals surface area contributed by atoms with Crippen molar-refractivity contribution in [1.29, 1.82) is 0 Å². The molecule has 1 amide bonds. The first kappa shape index (κ1) is 19.0. The Balaban J connectivity index is 1.38. The Hall–Kier alpha value is -3.29. The third-order valence-electron chi connectivity index (χ3n) is 4.78. The number of hydrogen-bond donors (Lipinski definition) is 0. The van der Waals surface area contributed by atoms with E-state index in [-0.39, 0.29) is 11.7 Å². The minimum absolute atomic E-state index is 0.224. The highest BCUT2D eigenvalue weighted by molar-refractivity contribution is 5.94. The van der Waals surface area contributed by atoms with Gasteiger partial charge in [0.1, 0.15) is 23.5 Å². The van der Waals surface area contributed by atoms with Crippen LogP contribution in [0, 0.1) is 11.6 Å². The lowest BCUT2D eigenvalue weighted by Gasteiger charge is -2.18. The second kappa shape index (κ2) is 7.98. The van der Waals surface area contributed by atoms with Gasteiger partial charge in [0, 0.05) is 24.9 Å². The van der Waals surface area contributed by atoms with Crippen LogP contribution in [0.3, 0.4) is 0 Å². The predicted molar refractivity (Wildman–Crippen MR) is 100 cm³/mol. The highest BCUT2D eigenvalue weighted by Gasteiger charge is 2.29. The molecule has 1 saturated heterocycles. The fourth-order valence-electron chi connectivity index (χ4n) is 3.23. The Labute approximate surface area is 166 Å². The maximum absolute atomic E-state index is 13.9. The summed E-state index contributed by atoms with van der Waals surface area (Å²) in [4.78, 5) is 18.2. The Morgan fingerprint density at radius 3 is 2.76 bits per heavy atom. The summed E-state index contributed by atoms with van der Waals surface area (Å²) in [6, 6.07) is 10.1. The van der Waals surface area contributed by atoms with E-state index in [2.05, 4.69) is 10.1 Å². The van der Waals surface area contributed by atoms with Gasteiger partial charge in [-0.05, 0) is 42.5 Å². The number of rotatable bonds is 5. The standard InChI is InChI=1S/C21H19F2N3O3/c1-2-19-24-20(25-29-19)13-3-6-15(7-4-13)28-16-9-10-26(12-16)21(27)17-11-14(22)5-8-18(17)23/h3-8,11,16H,2,9-10,12H2,1H3. The zero-order valence-electron chi connectivity index (χ0n) is 15.8. The highest BCUT2D eigenvalue weighted by Crippen LogP contribution is 2.24. The van der Waals surface area contributed by atoms with Gasteiger partial charge in [0.25, 0.3) is 5.91 Å². The number of hydrogen-bond acceptors (Lipinski definition) is 5. The van der Waals surface area contributed by atoms with E-state index >= 15 is 0 Å². The van der Waals surface area contributed by atoms with E-state index in [0.717, 1.165) is 23.8 Å². The summed E-state index contributed by atoms with van der Waals surface area (Å²) in [6.07, 6.45) is 1.05. The van der Waals surface area contributed by atoms with Crippen molar-refractivity contribution >= 4 is 5.91 Å². The van der Waals surface area contributed by atoms with Gasteiger partial charge < -0.3 is 14.2 Å². The van der Waals surface area contributed by atoms with Crippen LogP contribution in [0.25, 0.3) is 11.4 Å². The molecule has 0 bridgehead atoms. The average molecular weight is 399 g/mol. The second-order valence-electron chi connectivity index (χ2n) is 6.79. The molecule has 0 radical (unpaired) electrons. The third kappa shape index (κ3) is 4.11. The zero-order valence-corrected chi connectivity index (χ0v) is 15.8. The van der Waals surface area contributed by atoms with Gasteiger partial charge in [-0.2, -0.15) is 4.98 Å². The number of aryl methyl sites for hydroxylation is 1. The number of amides is 1. The van der Waals surface area contributed by atoms with E-state index in [1.807, 2.05) is 19.1 Å². The van der Waals surface area contributed by atoms with E-state index in [9.17, 15) is 13.6 Å². The summed E-state index contributed by atoms with van der Waals surface area (Å²) in [5, 5.41) is 3.93. The van der Waals surface area contributed by atoms with Crippen molar-refractivity contribution in [3.8, 4) is 17.1 Å². The van der Waals surface area contributed by atoms with E-state index in [1.165, 1.54) is 4.90 Å². The van der Waals surface area contributed by atoms with Gasteiger partial charge in [0.2, 0.25) is 11.7 Å². The van der Waals surface area contributed by atoms with Gasteiger partial charge in [0.15, 0.2) is 0 Å². The molecule has 0 saturated carbocycles. The lowest BCUT2D eigenvalue weighted by atomic mass is 10.2. The van der Waals surface area contributed by atoms with Gasteiger partial charge in [-0.1, -0.05) is 12.1 Å². The van der Waals surface area contributed by atoms with Gasteiger partial charge >= 0.3 is 0 Å². The lowest BCUT2D eigenvalue weighted by molar-refractivity contribution is 0.0767. The maximum atomic E-state index is 13.9. The summed E-state index contributed by atoms with van der Waals surface area (Å²) in [5.74, 6) is -0.177. The van der Waals surface area contributed by atoms with Crippen molar-refractivity contribution in [1.82, 2.24) is 15.0 Å². The first-order valence-corrected chi connectivity index (χ1v) is 9.37. The number of benzene rings is 2. The van der Waals surface area contributed by atoms with E-state index < -0.39 is 17.5 Å². The molecule has 2 aromatic carbocycles. The predicted octanol–water partition coefficient (Wildman–Crippen LogP) is 3.87. The molecule has 1 aliphatic rings. The molecule has 6 nitrogen and oxygen atoms in total. The first-order chi connectivity index (χ1) is 14.0. The number of nitrogens with zero attached hydrogens (tertiary/aromatic N) is 3. The molecule has 2 heterocycles. The van der Waals surface area contributed by atoms with E-state index in [0.29, 0.717) is 43.4 Å². The molecule has 0 aliphatic carbocycles. The van der Waals surface area contributed by atoms with Crippen molar-refractivity contribution in [2.45, 2.75) is 25.9 Å². The van der Waals surface area contributed by atoms with Crippen LogP contribution in [-0.2, 0) is 6.42 Å². The quantitative estimate of drug-likeness (QED) is 0.652. The summed E-state index contributed by atoms with van der Waals surface area (Å²) < 4.78 is 38.3. The first-order valence-electron chi connectivity index (χ1n) is 9.37. The highest BCUT2D eigenvalue weighted by atomic mass is 19.1. The Morgan fingerprint density at radius 2 is 2.03 bits per heavy atom. The SMILES string of the molecule is CCc1nc(-c2ccc(OC3CCN(C(=O)c4cc(F)ccc4F)C3)cc2)no1. The van der Waals surface area contributed by atoms with Crippen LogP contribution in [-0.4, -0.2) is 40.1 Å². The monoisotopic (exact) mass is 399 g/mol. The largest absolute Gasteiger partial charge is 0.489 e. The minimum Gasteiger partial charge on any atom is -0.489 e. The van der Waals surface area contributed by atoms with Crippen LogP contribution < -0.4 is 4.74 Å². The molecule has 1 aromatic heterocycles. The maximum Gasteiger partial charge on any atom is 0.257 e. The van der Waals surface area contributed by atoms with Crippen LogP contribution in [0.1, 0.15) is 29.6 Å². The van der Waals surface area contributed by atoms with Crippen molar-refractivity contribution in [2.75, 3.05) is 13.1 Å². The molecule has 4 rings (SSSR count). The van der Waals surface area contributed by atoms with Gasteiger partial charge in [-0.25, -0.2) is 8.78 Å². The van der Waals surface area contributed by atoms with Crippen molar-refractivity contribution in [3.05, 3.63) is 65.6 Å². The second-order valence-corrected chi connectivity index (χ2v) is 6.79. The van der Waals surface area contributed by atoms with Crippen molar-refractivity contribution < 1.29 is 22.8 Å². The van der Waals surface area contributed by atoms with Crippen molar-refractivity contribution in [3.63, 3.8) is 0 Å². The average Bonchev–Trinajstić information content (AvgIpc) is 3.39. The van der Waals surface area contributed by atoms with Crippen LogP contribution >= 0.6 is 0 Å². The summed E-state index contributed by atoms with van der Waals surface area (Å²) >= 11 is 0. The molecule has 0 N–H and O–H groups in total. The molecular weight excluding hydrogens is 380 g/mol. The van der Waals surface area contributed by atoms with Crippen LogP contribution in [0.4, 0.5) is 8.78 Å². The zero-order chi connectivity index (χ0) is 20.4. The van der Waals surface area contributed by atoms with Crippen LogP contribution in [0.2, 0.25) is 0 Å². The molecule has 29 heavy (non-hydrogen) atoms. The molecule has 3 aromatic rings. The molecule has 1 aliphatic heterocycles. The minimum atomic E-state index is -0.732. The fraction of sp³-hybridized carbons (Fsp3) is 0.286. The molecule has 0 spiro atoms. The van der Waals surface area contributed by atoms with Gasteiger partial charge in [0.05, 0.1) is 12.1 Å². The smallest absolute Gasteiger partial charge is 0.257 e. The third-order valence-corrected chi connectivity index (χ3v) is 4.78. The topological polar surface area (TPSA) is 68.5 Å². The van der Waals surface area contributed by atoms with Gasteiger partial charge in [-0.3, -0.25) is 4.79 Å². The summed E-state index contributed by atoms with van der Waals surface area (Å²) in [5.41, 5.74) is 0.548. The van der Waals surface area contributed by atoms with Crippen LogP contribution in [0.15, 0.2) is 47.0 Å². The number of carbonyl (C=O) groups excluding carboxylic acids is 1. The lowest BCUT2D eigenvalue weighted by Crippen LogP contribution is -2.31. The van der Waals surface area contributed by atoms with Gasteiger partial charge in [-0.15, -0.1) is 0 Å². The number of ether oxygens (including phenoxy) is 1. The Morgan fingerprint density at radius 1 is 1.24 bits per heavy atom. The molecule has 8 heteroatoms. The number of likely N-dealkylation sites (tertiary alicyclic amines) is 1. The number of halogens is 2. The number of aromatic nitrogens is 2. The molecule has 1 fully saturated rings.